The average molecular weight is 251 g/mol. The Balaban J connectivity index is 2.66. The van der Waals surface area contributed by atoms with Crippen LogP contribution in [0.15, 0.2) is 29.2 Å². The van der Waals surface area contributed by atoms with Gasteiger partial charge in [-0.3, -0.25) is 4.79 Å². The van der Waals surface area contributed by atoms with Gasteiger partial charge in [0.2, 0.25) is 0 Å². The predicted molar refractivity (Wildman–Crippen MR) is 74.6 cm³/mol. The monoisotopic (exact) mass is 251 g/mol. The molecule has 1 aromatic rings. The van der Waals surface area contributed by atoms with Crippen molar-refractivity contribution in [2.75, 3.05) is 6.54 Å². The molecule has 0 heterocycles. The highest BCUT2D eigenvalue weighted by Gasteiger charge is 2.23. The third-order valence-electron chi connectivity index (χ3n) is 3.42. The minimum atomic E-state index is -0.0516. The molecule has 1 rings (SSSR count). The van der Waals surface area contributed by atoms with Crippen LogP contribution in [-0.4, -0.2) is 12.5 Å². The minimum absolute atomic E-state index is 0.0516. The van der Waals surface area contributed by atoms with Crippen LogP contribution in [0, 0.1) is 11.3 Å². The van der Waals surface area contributed by atoms with Gasteiger partial charge in [0.05, 0.1) is 5.56 Å². The van der Waals surface area contributed by atoms with Crippen molar-refractivity contribution in [2.45, 2.75) is 32.6 Å². The summed E-state index contributed by atoms with van der Waals surface area (Å²) < 4.78 is 0. The summed E-state index contributed by atoms with van der Waals surface area (Å²) in [5, 5.41) is 2.97. The summed E-state index contributed by atoms with van der Waals surface area (Å²) in [4.78, 5) is 12.7. The van der Waals surface area contributed by atoms with Crippen LogP contribution in [0.25, 0.3) is 0 Å². The van der Waals surface area contributed by atoms with Gasteiger partial charge in [0.25, 0.3) is 5.91 Å². The quantitative estimate of drug-likeness (QED) is 0.789. The molecule has 94 valence electrons. The maximum atomic E-state index is 12.0. The number of carbonyl (C=O) groups is 1. The molecule has 0 aliphatic rings. The van der Waals surface area contributed by atoms with Gasteiger partial charge in [-0.05, 0) is 23.5 Å². The van der Waals surface area contributed by atoms with E-state index in [0.717, 1.165) is 0 Å². The molecule has 2 nitrogen and oxygen atoms in total. The van der Waals surface area contributed by atoms with Crippen molar-refractivity contribution >= 4 is 18.5 Å². The van der Waals surface area contributed by atoms with Crippen molar-refractivity contribution in [3.8, 4) is 0 Å². The van der Waals surface area contributed by atoms with Crippen molar-refractivity contribution < 1.29 is 4.79 Å². The molecule has 1 N–H and O–H groups in total. The Kier molecular flexibility index (Phi) is 4.63. The first kappa shape index (κ1) is 14.1. The van der Waals surface area contributed by atoms with Crippen LogP contribution in [0.5, 0.6) is 0 Å². The average Bonchev–Trinajstić information content (AvgIpc) is 2.26. The fourth-order valence-electron chi connectivity index (χ4n) is 1.27. The van der Waals surface area contributed by atoms with E-state index in [1.54, 1.807) is 6.07 Å². The summed E-state index contributed by atoms with van der Waals surface area (Å²) in [5.41, 5.74) is 0.733. The van der Waals surface area contributed by atoms with Gasteiger partial charge in [0.15, 0.2) is 0 Å². The largest absolute Gasteiger partial charge is 0.351 e. The van der Waals surface area contributed by atoms with Crippen LogP contribution < -0.4 is 5.32 Å². The van der Waals surface area contributed by atoms with Gasteiger partial charge < -0.3 is 5.32 Å². The van der Waals surface area contributed by atoms with Crippen LogP contribution >= 0.6 is 12.6 Å². The van der Waals surface area contributed by atoms with Gasteiger partial charge in [-0.1, -0.05) is 39.8 Å². The summed E-state index contributed by atoms with van der Waals surface area (Å²) in [5.74, 6) is 0.471. The van der Waals surface area contributed by atoms with Crippen LogP contribution in [0.3, 0.4) is 0 Å². The van der Waals surface area contributed by atoms with Crippen LogP contribution in [0.4, 0.5) is 0 Å². The van der Waals surface area contributed by atoms with Gasteiger partial charge in [0.1, 0.15) is 0 Å². The van der Waals surface area contributed by atoms with Gasteiger partial charge in [-0.2, -0.15) is 0 Å². The third-order valence-corrected chi connectivity index (χ3v) is 3.81. The molecule has 0 radical (unpaired) electrons. The summed E-state index contributed by atoms with van der Waals surface area (Å²) in [6.07, 6.45) is 0. The summed E-state index contributed by atoms with van der Waals surface area (Å²) in [6.45, 7) is 9.32. The number of benzene rings is 1. The fourth-order valence-corrected chi connectivity index (χ4v) is 1.54. The second-order valence-electron chi connectivity index (χ2n) is 5.34. The van der Waals surface area contributed by atoms with E-state index in [2.05, 4.69) is 45.6 Å². The first-order valence-electron chi connectivity index (χ1n) is 5.91. The number of rotatable bonds is 4. The smallest absolute Gasteiger partial charge is 0.252 e. The third kappa shape index (κ3) is 3.77. The van der Waals surface area contributed by atoms with Crippen molar-refractivity contribution in [1.29, 1.82) is 0 Å². The lowest BCUT2D eigenvalue weighted by atomic mass is 9.81. The SMILES string of the molecule is CC(C)C(C)(C)CNC(=O)c1ccccc1S. The highest BCUT2D eigenvalue weighted by atomic mass is 32.1. The first-order valence-corrected chi connectivity index (χ1v) is 6.35. The number of carbonyl (C=O) groups excluding carboxylic acids is 1. The standard InChI is InChI=1S/C14H21NOS/c1-10(2)14(3,4)9-15-13(16)11-7-5-6-8-12(11)17/h5-8,10,17H,9H2,1-4H3,(H,15,16). The van der Waals surface area contributed by atoms with Crippen LogP contribution in [-0.2, 0) is 0 Å². The molecule has 17 heavy (non-hydrogen) atoms. The van der Waals surface area contributed by atoms with E-state index in [1.807, 2.05) is 18.2 Å². The molecule has 0 fully saturated rings. The Morgan fingerprint density at radius 2 is 1.94 bits per heavy atom. The normalized spacial score (nSPS) is 11.6. The first-order chi connectivity index (χ1) is 7.84. The van der Waals surface area contributed by atoms with Gasteiger partial charge in [-0.25, -0.2) is 0 Å². The Hall–Kier alpha value is -0.960. The molecule has 0 aliphatic heterocycles. The van der Waals surface area contributed by atoms with Gasteiger partial charge in [-0.15, -0.1) is 12.6 Å². The molecule has 0 bridgehead atoms. The molecule has 0 atom stereocenters. The zero-order chi connectivity index (χ0) is 13.1. The lowest BCUT2D eigenvalue weighted by Gasteiger charge is -2.29. The molecular formula is C14H21NOS. The molecule has 0 saturated carbocycles. The van der Waals surface area contributed by atoms with E-state index in [-0.39, 0.29) is 11.3 Å². The Labute approximate surface area is 109 Å². The highest BCUT2D eigenvalue weighted by Crippen LogP contribution is 2.25. The van der Waals surface area contributed by atoms with E-state index in [9.17, 15) is 4.79 Å². The highest BCUT2D eigenvalue weighted by molar-refractivity contribution is 7.80. The molecule has 1 amide bonds. The zero-order valence-corrected chi connectivity index (χ0v) is 11.8. The molecule has 1 aromatic carbocycles. The van der Waals surface area contributed by atoms with Crippen molar-refractivity contribution in [3.05, 3.63) is 29.8 Å². The minimum Gasteiger partial charge on any atom is -0.351 e. The summed E-state index contributed by atoms with van der Waals surface area (Å²) in [7, 11) is 0. The lowest BCUT2D eigenvalue weighted by Crippen LogP contribution is -2.37. The molecule has 0 saturated heterocycles. The molecular weight excluding hydrogens is 230 g/mol. The Morgan fingerprint density at radius 3 is 2.47 bits per heavy atom. The van der Waals surface area contributed by atoms with Gasteiger partial charge >= 0.3 is 0 Å². The van der Waals surface area contributed by atoms with Crippen LogP contribution in [0.2, 0.25) is 0 Å². The fraction of sp³-hybridized carbons (Fsp3) is 0.500. The predicted octanol–water partition coefficient (Wildman–Crippen LogP) is 3.39. The maximum Gasteiger partial charge on any atom is 0.252 e. The van der Waals surface area contributed by atoms with E-state index in [0.29, 0.717) is 22.9 Å². The van der Waals surface area contributed by atoms with E-state index >= 15 is 0 Å². The molecule has 0 aromatic heterocycles. The number of amides is 1. The molecule has 0 spiro atoms. The number of hydrogen-bond acceptors (Lipinski definition) is 2. The number of thiol groups is 1. The van der Waals surface area contributed by atoms with Crippen molar-refractivity contribution in [1.82, 2.24) is 5.32 Å². The Bertz CT molecular complexity index is 399. The van der Waals surface area contributed by atoms with Crippen molar-refractivity contribution in [3.63, 3.8) is 0 Å². The van der Waals surface area contributed by atoms with Crippen LogP contribution in [0.1, 0.15) is 38.1 Å². The number of nitrogens with one attached hydrogen (secondary N) is 1. The summed E-state index contributed by atoms with van der Waals surface area (Å²) in [6, 6.07) is 7.34. The second kappa shape index (κ2) is 5.58. The summed E-state index contributed by atoms with van der Waals surface area (Å²) >= 11 is 4.28. The molecule has 0 aliphatic carbocycles. The molecule has 0 unspecified atom stereocenters. The zero-order valence-electron chi connectivity index (χ0n) is 10.9. The molecule has 3 heteroatoms. The van der Waals surface area contributed by atoms with E-state index in [1.165, 1.54) is 0 Å². The lowest BCUT2D eigenvalue weighted by molar-refractivity contribution is 0.0922. The van der Waals surface area contributed by atoms with Gasteiger partial charge in [0, 0.05) is 11.4 Å². The van der Waals surface area contributed by atoms with E-state index in [4.69, 9.17) is 0 Å². The second-order valence-corrected chi connectivity index (χ2v) is 5.82. The van der Waals surface area contributed by atoms with Crippen molar-refractivity contribution in [2.24, 2.45) is 11.3 Å². The Morgan fingerprint density at radius 1 is 1.35 bits per heavy atom. The maximum absolute atomic E-state index is 12.0. The number of hydrogen-bond donors (Lipinski definition) is 2. The topological polar surface area (TPSA) is 29.1 Å². The van der Waals surface area contributed by atoms with E-state index < -0.39 is 0 Å².